The number of nitrogens with one attached hydrogen (secondary N) is 1. The number of carbonyl (C=O) groups excluding carboxylic acids is 1. The summed E-state index contributed by atoms with van der Waals surface area (Å²) in [7, 11) is 0. The number of hydrogen-bond acceptors (Lipinski definition) is 3. The summed E-state index contributed by atoms with van der Waals surface area (Å²) < 4.78 is 5.63. The van der Waals surface area contributed by atoms with Gasteiger partial charge >= 0.3 is 0 Å². The van der Waals surface area contributed by atoms with Crippen LogP contribution < -0.4 is 10.1 Å². The van der Waals surface area contributed by atoms with Crippen LogP contribution in [0.25, 0.3) is 0 Å². The molecule has 0 spiro atoms. The van der Waals surface area contributed by atoms with Crippen LogP contribution in [0, 0.1) is 11.3 Å². The summed E-state index contributed by atoms with van der Waals surface area (Å²) in [5.74, 6) is 0.581. The number of benzene rings is 1. The van der Waals surface area contributed by atoms with Gasteiger partial charge in [-0.3, -0.25) is 4.79 Å². The molecule has 4 heteroatoms. The van der Waals surface area contributed by atoms with Crippen LogP contribution in [0.15, 0.2) is 24.3 Å². The Bertz CT molecular complexity index is 434. The Morgan fingerprint density at radius 1 is 1.29 bits per heavy atom. The van der Waals surface area contributed by atoms with E-state index in [1.165, 1.54) is 0 Å². The molecule has 0 saturated carbocycles. The van der Waals surface area contributed by atoms with Crippen molar-refractivity contribution in [2.75, 3.05) is 6.54 Å². The predicted molar refractivity (Wildman–Crippen MR) is 62.4 cm³/mol. The highest BCUT2D eigenvalue weighted by Gasteiger charge is 2.22. The zero-order chi connectivity index (χ0) is 12.1. The number of rotatable bonds is 2. The first-order chi connectivity index (χ1) is 8.29. The fourth-order valence-corrected chi connectivity index (χ4v) is 1.80. The van der Waals surface area contributed by atoms with Crippen molar-refractivity contribution in [3.05, 3.63) is 29.8 Å². The van der Waals surface area contributed by atoms with Crippen LogP contribution in [0.1, 0.15) is 24.8 Å². The van der Waals surface area contributed by atoms with E-state index in [4.69, 9.17) is 10.00 Å². The average Bonchev–Trinajstić information content (AvgIpc) is 2.56. The van der Waals surface area contributed by atoms with E-state index in [1.54, 1.807) is 24.3 Å². The van der Waals surface area contributed by atoms with Crippen LogP contribution in [0.2, 0.25) is 0 Å². The molecule has 1 amide bonds. The normalized spacial score (nSPS) is 19.9. The maximum absolute atomic E-state index is 11.7. The Balaban J connectivity index is 2.03. The molecule has 1 unspecified atom stereocenters. The quantitative estimate of drug-likeness (QED) is 0.839. The van der Waals surface area contributed by atoms with Crippen molar-refractivity contribution >= 4 is 5.91 Å². The number of carbonyl (C=O) groups is 1. The van der Waals surface area contributed by atoms with Crippen LogP contribution in [0.3, 0.4) is 0 Å². The van der Waals surface area contributed by atoms with Gasteiger partial charge in [0.1, 0.15) is 5.75 Å². The lowest BCUT2D eigenvalue weighted by Gasteiger charge is -2.15. The van der Waals surface area contributed by atoms with Crippen LogP contribution in [0.5, 0.6) is 5.75 Å². The monoisotopic (exact) mass is 230 g/mol. The summed E-state index contributed by atoms with van der Waals surface area (Å²) in [6.45, 7) is 0.728. The van der Waals surface area contributed by atoms with Crippen LogP contribution in [-0.2, 0) is 4.79 Å². The third-order valence-corrected chi connectivity index (χ3v) is 2.75. The molecule has 1 aromatic carbocycles. The Kier molecular flexibility index (Phi) is 3.61. The summed E-state index contributed by atoms with van der Waals surface area (Å²) in [6.07, 6.45) is 2.32. The molecule has 0 bridgehead atoms. The maximum atomic E-state index is 11.7. The van der Waals surface area contributed by atoms with Crippen molar-refractivity contribution in [3.8, 4) is 11.8 Å². The fraction of sp³-hybridized carbons (Fsp3) is 0.385. The van der Waals surface area contributed by atoms with Gasteiger partial charge in [-0.1, -0.05) is 0 Å². The van der Waals surface area contributed by atoms with Gasteiger partial charge in [-0.25, -0.2) is 0 Å². The summed E-state index contributed by atoms with van der Waals surface area (Å²) >= 11 is 0. The van der Waals surface area contributed by atoms with Crippen molar-refractivity contribution in [1.29, 1.82) is 5.26 Å². The third kappa shape index (κ3) is 2.97. The first kappa shape index (κ1) is 11.5. The highest BCUT2D eigenvalue weighted by molar-refractivity contribution is 5.81. The van der Waals surface area contributed by atoms with Gasteiger partial charge in [-0.2, -0.15) is 5.26 Å². The van der Waals surface area contributed by atoms with Gasteiger partial charge < -0.3 is 10.1 Å². The van der Waals surface area contributed by atoms with Crippen molar-refractivity contribution in [2.45, 2.75) is 25.4 Å². The summed E-state index contributed by atoms with van der Waals surface area (Å²) in [5, 5.41) is 11.5. The Labute approximate surface area is 100 Å². The number of amides is 1. The molecule has 1 aromatic rings. The predicted octanol–water partition coefficient (Wildman–Crippen LogP) is 1.61. The number of ether oxygens (including phenoxy) is 1. The highest BCUT2D eigenvalue weighted by Crippen LogP contribution is 2.17. The Morgan fingerprint density at radius 2 is 2.06 bits per heavy atom. The van der Waals surface area contributed by atoms with Gasteiger partial charge in [0, 0.05) is 6.54 Å². The third-order valence-electron chi connectivity index (χ3n) is 2.75. The molecule has 1 aliphatic heterocycles. The Morgan fingerprint density at radius 3 is 2.76 bits per heavy atom. The maximum Gasteiger partial charge on any atom is 0.261 e. The second kappa shape index (κ2) is 5.35. The highest BCUT2D eigenvalue weighted by atomic mass is 16.5. The molecule has 88 valence electrons. The fourth-order valence-electron chi connectivity index (χ4n) is 1.80. The molecule has 1 heterocycles. The molecule has 1 aliphatic rings. The minimum atomic E-state index is -0.412. The molecule has 0 radical (unpaired) electrons. The molecular weight excluding hydrogens is 216 g/mol. The lowest BCUT2D eigenvalue weighted by Crippen LogP contribution is -2.36. The zero-order valence-electron chi connectivity index (χ0n) is 9.48. The van der Waals surface area contributed by atoms with Crippen molar-refractivity contribution in [3.63, 3.8) is 0 Å². The lowest BCUT2D eigenvalue weighted by molar-refractivity contribution is -0.127. The van der Waals surface area contributed by atoms with E-state index < -0.39 is 6.10 Å². The summed E-state index contributed by atoms with van der Waals surface area (Å²) in [5.41, 5.74) is 0.586. The number of nitrogens with zero attached hydrogens (tertiary/aromatic N) is 1. The van der Waals surface area contributed by atoms with Gasteiger partial charge in [0.2, 0.25) is 0 Å². The number of hydrogen-bond donors (Lipinski definition) is 1. The van der Waals surface area contributed by atoms with Crippen molar-refractivity contribution < 1.29 is 9.53 Å². The molecule has 4 nitrogen and oxygen atoms in total. The summed E-state index contributed by atoms with van der Waals surface area (Å²) in [6, 6.07) is 8.85. The van der Waals surface area contributed by atoms with E-state index in [1.807, 2.05) is 6.07 Å². The van der Waals surface area contributed by atoms with E-state index in [2.05, 4.69) is 5.32 Å². The van der Waals surface area contributed by atoms with Gasteiger partial charge in [0.25, 0.3) is 5.91 Å². The molecule has 2 rings (SSSR count). The largest absolute Gasteiger partial charge is 0.481 e. The molecule has 1 fully saturated rings. The average molecular weight is 230 g/mol. The molecule has 1 saturated heterocycles. The lowest BCUT2D eigenvalue weighted by atomic mass is 10.2. The van der Waals surface area contributed by atoms with Crippen molar-refractivity contribution in [2.24, 2.45) is 0 Å². The van der Waals surface area contributed by atoms with Crippen LogP contribution >= 0.6 is 0 Å². The molecule has 1 N–H and O–H groups in total. The van der Waals surface area contributed by atoms with E-state index in [0.717, 1.165) is 25.8 Å². The second-order valence-electron chi connectivity index (χ2n) is 4.03. The number of nitriles is 1. The molecule has 0 aromatic heterocycles. The molecular formula is C13H14N2O2. The smallest absolute Gasteiger partial charge is 0.261 e. The molecule has 0 aliphatic carbocycles. The minimum Gasteiger partial charge on any atom is -0.481 e. The first-order valence-electron chi connectivity index (χ1n) is 5.74. The molecule has 17 heavy (non-hydrogen) atoms. The standard InChI is InChI=1S/C13H14N2O2/c14-9-10-4-6-11(7-5-10)17-12-3-1-2-8-15-13(12)16/h4-7,12H,1-3,8H2,(H,15,16). The SMILES string of the molecule is N#Cc1ccc(OC2CCCCNC2=O)cc1. The molecule has 1 atom stereocenters. The zero-order valence-corrected chi connectivity index (χ0v) is 9.48. The Hall–Kier alpha value is -2.02. The van der Waals surface area contributed by atoms with Gasteiger partial charge in [0.05, 0.1) is 11.6 Å². The first-order valence-corrected chi connectivity index (χ1v) is 5.74. The van der Waals surface area contributed by atoms with E-state index >= 15 is 0 Å². The van der Waals surface area contributed by atoms with Gasteiger partial charge in [-0.15, -0.1) is 0 Å². The van der Waals surface area contributed by atoms with Gasteiger partial charge in [-0.05, 0) is 43.5 Å². The van der Waals surface area contributed by atoms with Gasteiger partial charge in [0.15, 0.2) is 6.10 Å². The topological polar surface area (TPSA) is 62.1 Å². The van der Waals surface area contributed by atoms with E-state index in [0.29, 0.717) is 11.3 Å². The van der Waals surface area contributed by atoms with Crippen LogP contribution in [0.4, 0.5) is 0 Å². The van der Waals surface area contributed by atoms with E-state index in [-0.39, 0.29) is 5.91 Å². The second-order valence-corrected chi connectivity index (χ2v) is 4.03. The van der Waals surface area contributed by atoms with Crippen LogP contribution in [-0.4, -0.2) is 18.6 Å². The van der Waals surface area contributed by atoms with Crippen molar-refractivity contribution in [1.82, 2.24) is 5.32 Å². The summed E-state index contributed by atoms with van der Waals surface area (Å²) in [4.78, 5) is 11.7. The van der Waals surface area contributed by atoms with E-state index in [9.17, 15) is 4.79 Å². The minimum absolute atomic E-state index is 0.0492.